The second-order valence-corrected chi connectivity index (χ2v) is 5.22. The Morgan fingerprint density at radius 1 is 1.29 bits per heavy atom. The van der Waals surface area contributed by atoms with E-state index in [1.54, 1.807) is 0 Å². The molecule has 0 saturated heterocycles. The van der Waals surface area contributed by atoms with Gasteiger partial charge in [-0.05, 0) is 44.0 Å². The van der Waals surface area contributed by atoms with Crippen molar-refractivity contribution >= 4 is 43.6 Å². The number of carbonyl (C=O) groups is 1. The summed E-state index contributed by atoms with van der Waals surface area (Å²) in [5, 5.41) is 2.46. The van der Waals surface area contributed by atoms with Crippen molar-refractivity contribution < 1.29 is 18.3 Å². The number of rotatable bonds is 4. The van der Waals surface area contributed by atoms with E-state index >= 15 is 0 Å². The molecule has 0 bridgehead atoms. The molecule has 2 aromatic rings. The predicted molar refractivity (Wildman–Crippen MR) is 78.5 cm³/mol. The second-order valence-electron chi connectivity index (χ2n) is 3.66. The van der Waals surface area contributed by atoms with Crippen LogP contribution in [0, 0.1) is 0 Å². The molecule has 5 nitrogen and oxygen atoms in total. The average Bonchev–Trinajstić information content (AvgIpc) is 2.42. The molecular formula is C12H7Br2F2N3O2. The zero-order chi connectivity index (χ0) is 15.4. The Bertz CT molecular complexity index is 671. The quantitative estimate of drug-likeness (QED) is 0.812. The molecule has 110 valence electrons. The predicted octanol–water partition coefficient (Wildman–Crippen LogP) is 3.86. The first-order valence-electron chi connectivity index (χ1n) is 5.50. The minimum Gasteiger partial charge on any atom is -0.434 e. The maximum atomic E-state index is 12.3. The fraction of sp³-hybridized carbons (Fsp3) is 0.0833. The Morgan fingerprint density at radius 2 is 2.00 bits per heavy atom. The van der Waals surface area contributed by atoms with Crippen LogP contribution in [0.15, 0.2) is 39.7 Å². The van der Waals surface area contributed by atoms with E-state index in [0.29, 0.717) is 9.21 Å². The second kappa shape index (κ2) is 6.90. The molecule has 1 aromatic heterocycles. The number of alkyl halides is 2. The third-order valence-electron chi connectivity index (χ3n) is 2.28. The molecule has 1 heterocycles. The molecule has 0 radical (unpaired) electrons. The normalized spacial score (nSPS) is 10.5. The molecule has 0 saturated carbocycles. The molecule has 0 aliphatic carbocycles. The lowest BCUT2D eigenvalue weighted by Gasteiger charge is -2.11. The van der Waals surface area contributed by atoms with Gasteiger partial charge in [-0.2, -0.15) is 8.78 Å². The molecule has 1 amide bonds. The number of halogens is 4. The van der Waals surface area contributed by atoms with Gasteiger partial charge in [-0.3, -0.25) is 4.79 Å². The highest BCUT2D eigenvalue weighted by atomic mass is 79.9. The maximum absolute atomic E-state index is 12.3. The van der Waals surface area contributed by atoms with Crippen LogP contribution in [-0.2, 0) is 0 Å². The molecule has 21 heavy (non-hydrogen) atoms. The van der Waals surface area contributed by atoms with Gasteiger partial charge in [0.1, 0.15) is 15.0 Å². The van der Waals surface area contributed by atoms with Crippen molar-refractivity contribution in [3.8, 4) is 5.75 Å². The lowest BCUT2D eigenvalue weighted by molar-refractivity contribution is -0.0501. The average molecular weight is 423 g/mol. The van der Waals surface area contributed by atoms with Crippen LogP contribution in [0.5, 0.6) is 5.75 Å². The number of aromatic nitrogens is 2. The van der Waals surface area contributed by atoms with Gasteiger partial charge in [0.15, 0.2) is 5.82 Å². The first-order valence-corrected chi connectivity index (χ1v) is 7.09. The van der Waals surface area contributed by atoms with E-state index in [0.717, 1.165) is 0 Å². The van der Waals surface area contributed by atoms with Crippen molar-refractivity contribution in [2.45, 2.75) is 6.61 Å². The minimum absolute atomic E-state index is 0.0329. The number of carbonyl (C=O) groups excluding carboxylic acids is 1. The van der Waals surface area contributed by atoms with Crippen LogP contribution in [0.25, 0.3) is 0 Å². The summed E-state index contributed by atoms with van der Waals surface area (Å²) in [4.78, 5) is 20.1. The minimum atomic E-state index is -3.02. The number of hydrogen-bond donors (Lipinski definition) is 1. The summed E-state index contributed by atoms with van der Waals surface area (Å²) >= 11 is 6.26. The van der Waals surface area contributed by atoms with Gasteiger partial charge in [0.2, 0.25) is 0 Å². The van der Waals surface area contributed by atoms with E-state index in [4.69, 9.17) is 0 Å². The Hall–Kier alpha value is -1.61. The molecule has 2 rings (SSSR count). The molecule has 0 fully saturated rings. The van der Waals surface area contributed by atoms with Gasteiger partial charge in [-0.25, -0.2) is 9.97 Å². The fourth-order valence-electron chi connectivity index (χ4n) is 1.46. The van der Waals surface area contributed by atoms with Crippen molar-refractivity contribution in [2.75, 3.05) is 5.32 Å². The summed E-state index contributed by atoms with van der Waals surface area (Å²) in [6.45, 7) is -3.02. The van der Waals surface area contributed by atoms with Gasteiger partial charge in [0.25, 0.3) is 5.91 Å². The zero-order valence-corrected chi connectivity index (χ0v) is 13.4. The van der Waals surface area contributed by atoms with Crippen LogP contribution in [-0.4, -0.2) is 22.5 Å². The topological polar surface area (TPSA) is 64.1 Å². The Morgan fingerprint density at radius 3 is 2.67 bits per heavy atom. The van der Waals surface area contributed by atoms with E-state index in [1.165, 1.54) is 30.5 Å². The van der Waals surface area contributed by atoms with Gasteiger partial charge in [0.05, 0.1) is 11.8 Å². The summed E-state index contributed by atoms with van der Waals surface area (Å²) in [5.74, 6) is -0.690. The number of anilines is 1. The van der Waals surface area contributed by atoms with E-state index in [9.17, 15) is 13.6 Å². The number of para-hydroxylation sites is 1. The van der Waals surface area contributed by atoms with Crippen molar-refractivity contribution in [1.29, 1.82) is 0 Å². The molecule has 9 heteroatoms. The number of nitrogens with one attached hydrogen (secondary N) is 1. The summed E-state index contributed by atoms with van der Waals surface area (Å²) in [6, 6.07) is 5.68. The zero-order valence-electron chi connectivity index (χ0n) is 10.2. The Kier molecular flexibility index (Phi) is 5.18. The molecular weight excluding hydrogens is 416 g/mol. The number of benzene rings is 1. The maximum Gasteiger partial charge on any atom is 0.387 e. The lowest BCUT2D eigenvalue weighted by Crippen LogP contribution is -2.16. The number of nitrogens with zero attached hydrogens (tertiary/aromatic N) is 2. The van der Waals surface area contributed by atoms with Gasteiger partial charge in [-0.1, -0.05) is 12.1 Å². The highest BCUT2D eigenvalue weighted by molar-refractivity contribution is 9.11. The van der Waals surface area contributed by atoms with Crippen LogP contribution in [0.4, 0.5) is 14.6 Å². The SMILES string of the molecule is O=C(Nc1ncc(Br)nc1Br)c1ccccc1OC(F)F. The largest absolute Gasteiger partial charge is 0.434 e. The monoisotopic (exact) mass is 421 g/mol. The van der Waals surface area contributed by atoms with Crippen LogP contribution in [0.2, 0.25) is 0 Å². The molecule has 0 aliphatic rings. The van der Waals surface area contributed by atoms with Crippen LogP contribution >= 0.6 is 31.9 Å². The Labute approximate surface area is 135 Å². The fourth-order valence-corrected chi connectivity index (χ4v) is 2.37. The summed E-state index contributed by atoms with van der Waals surface area (Å²) in [7, 11) is 0. The van der Waals surface area contributed by atoms with Crippen molar-refractivity contribution in [3.63, 3.8) is 0 Å². The third kappa shape index (κ3) is 4.18. The summed E-state index contributed by atoms with van der Waals surface area (Å²) in [6.07, 6.45) is 1.39. The highest BCUT2D eigenvalue weighted by Crippen LogP contribution is 2.24. The molecule has 1 N–H and O–H groups in total. The number of ether oxygens (including phenoxy) is 1. The van der Waals surface area contributed by atoms with E-state index in [1.807, 2.05) is 0 Å². The number of amides is 1. The van der Waals surface area contributed by atoms with Crippen molar-refractivity contribution in [1.82, 2.24) is 9.97 Å². The molecule has 1 aromatic carbocycles. The van der Waals surface area contributed by atoms with E-state index in [2.05, 4.69) is 51.9 Å². The Balaban J connectivity index is 2.24. The van der Waals surface area contributed by atoms with Crippen LogP contribution in [0.1, 0.15) is 10.4 Å². The lowest BCUT2D eigenvalue weighted by atomic mass is 10.2. The molecule has 0 unspecified atom stereocenters. The third-order valence-corrected chi connectivity index (χ3v) is 3.22. The number of hydrogen-bond acceptors (Lipinski definition) is 4. The summed E-state index contributed by atoms with van der Waals surface area (Å²) < 4.78 is 29.7. The van der Waals surface area contributed by atoms with Crippen LogP contribution in [0.3, 0.4) is 0 Å². The molecule has 0 atom stereocenters. The van der Waals surface area contributed by atoms with Crippen LogP contribution < -0.4 is 10.1 Å². The van der Waals surface area contributed by atoms with Crippen molar-refractivity contribution in [3.05, 3.63) is 45.2 Å². The standard InChI is InChI=1S/C12H7Br2F2N3O2/c13-8-5-17-10(9(14)18-8)19-11(20)6-3-1-2-4-7(6)21-12(15)16/h1-5,12H,(H,17,19,20). The molecule has 0 spiro atoms. The molecule has 0 aliphatic heterocycles. The van der Waals surface area contributed by atoms with Gasteiger partial charge >= 0.3 is 6.61 Å². The highest BCUT2D eigenvalue weighted by Gasteiger charge is 2.17. The first kappa shape index (κ1) is 15.8. The van der Waals surface area contributed by atoms with Crippen molar-refractivity contribution in [2.24, 2.45) is 0 Å². The first-order chi connectivity index (χ1) is 9.97. The van der Waals surface area contributed by atoms with E-state index in [-0.39, 0.29) is 17.1 Å². The van der Waals surface area contributed by atoms with Gasteiger partial charge < -0.3 is 10.1 Å². The van der Waals surface area contributed by atoms with Gasteiger partial charge in [0, 0.05) is 0 Å². The smallest absolute Gasteiger partial charge is 0.387 e. The summed E-state index contributed by atoms with van der Waals surface area (Å²) in [5.41, 5.74) is -0.0329. The van der Waals surface area contributed by atoms with Gasteiger partial charge in [-0.15, -0.1) is 0 Å². The van der Waals surface area contributed by atoms with E-state index < -0.39 is 12.5 Å².